The van der Waals surface area contributed by atoms with Crippen LogP contribution in [0.3, 0.4) is 0 Å². The third-order valence-electron chi connectivity index (χ3n) is 8.21. The number of fused-ring (bicyclic) bond motifs is 4. The van der Waals surface area contributed by atoms with Gasteiger partial charge in [0.2, 0.25) is 0 Å². The summed E-state index contributed by atoms with van der Waals surface area (Å²) in [5.41, 5.74) is 9.06. The monoisotopic (exact) mass is 480 g/mol. The fourth-order valence-electron chi connectivity index (χ4n) is 6.24. The van der Waals surface area contributed by atoms with Crippen molar-refractivity contribution in [1.29, 1.82) is 0 Å². The minimum absolute atomic E-state index is 0.197. The maximum Gasteiger partial charge on any atom is 0.256 e. The molecule has 0 amide bonds. The summed E-state index contributed by atoms with van der Waals surface area (Å²) in [5, 5.41) is 1.40. The van der Waals surface area contributed by atoms with Crippen LogP contribution in [0.5, 0.6) is 0 Å². The molecule has 2 aliphatic heterocycles. The van der Waals surface area contributed by atoms with Crippen LogP contribution < -0.4 is 5.56 Å². The molecule has 2 aromatic carbocycles. The standard InChI is InChI=1S/C31H36N4O/c1-22-11-12-28-26(20-22)27-21-33(18-15-29(27)34(28)19-13-24-8-4-3-5-9-24)17-14-25-23(2)32-30-10-6-7-16-35(30)31(25)36/h3-5,8-9,11-12,20H,6-7,10,13-19,21H2,1-2H3. The minimum Gasteiger partial charge on any atom is -0.344 e. The van der Waals surface area contributed by atoms with E-state index in [9.17, 15) is 4.79 Å². The molecule has 0 atom stereocenters. The molecule has 4 aromatic rings. The quantitative estimate of drug-likeness (QED) is 0.390. The van der Waals surface area contributed by atoms with Crippen molar-refractivity contribution in [3.05, 3.63) is 98.4 Å². The zero-order valence-corrected chi connectivity index (χ0v) is 21.6. The predicted octanol–water partition coefficient (Wildman–Crippen LogP) is 4.99. The van der Waals surface area contributed by atoms with E-state index in [1.54, 1.807) is 0 Å². The minimum atomic E-state index is 0.197. The lowest BCUT2D eigenvalue weighted by Crippen LogP contribution is -2.36. The zero-order valence-electron chi connectivity index (χ0n) is 21.6. The summed E-state index contributed by atoms with van der Waals surface area (Å²) in [5.74, 6) is 0.980. The number of aryl methyl sites for hydroxylation is 5. The van der Waals surface area contributed by atoms with Gasteiger partial charge in [-0.2, -0.15) is 0 Å². The molecule has 186 valence electrons. The van der Waals surface area contributed by atoms with Crippen LogP contribution in [0.15, 0.2) is 53.3 Å². The molecule has 0 saturated heterocycles. The Bertz CT molecular complexity index is 1460. The van der Waals surface area contributed by atoms with E-state index in [4.69, 9.17) is 4.98 Å². The maximum absolute atomic E-state index is 13.2. The van der Waals surface area contributed by atoms with Crippen molar-refractivity contribution in [2.45, 2.75) is 72.0 Å². The summed E-state index contributed by atoms with van der Waals surface area (Å²) in [6.45, 7) is 8.92. The van der Waals surface area contributed by atoms with Crippen molar-refractivity contribution in [3.8, 4) is 0 Å². The smallest absolute Gasteiger partial charge is 0.256 e. The fraction of sp³-hybridized carbons (Fsp3) is 0.419. The van der Waals surface area contributed by atoms with Gasteiger partial charge in [0.1, 0.15) is 5.82 Å². The molecule has 0 aliphatic carbocycles. The Morgan fingerprint density at radius 1 is 0.917 bits per heavy atom. The first-order valence-electron chi connectivity index (χ1n) is 13.5. The van der Waals surface area contributed by atoms with Crippen LogP contribution in [-0.4, -0.2) is 32.1 Å². The topological polar surface area (TPSA) is 43.1 Å². The van der Waals surface area contributed by atoms with Gasteiger partial charge in [-0.3, -0.25) is 14.3 Å². The first-order valence-corrected chi connectivity index (χ1v) is 13.5. The lowest BCUT2D eigenvalue weighted by molar-refractivity contribution is 0.254. The van der Waals surface area contributed by atoms with E-state index in [-0.39, 0.29) is 5.56 Å². The van der Waals surface area contributed by atoms with E-state index < -0.39 is 0 Å². The molecular formula is C31H36N4O. The highest BCUT2D eigenvalue weighted by molar-refractivity contribution is 5.86. The molecule has 0 N–H and O–H groups in total. The van der Waals surface area contributed by atoms with Gasteiger partial charge in [-0.1, -0.05) is 42.0 Å². The molecule has 0 saturated carbocycles. The number of hydrogen-bond acceptors (Lipinski definition) is 3. The normalized spacial score (nSPS) is 15.7. The summed E-state index contributed by atoms with van der Waals surface area (Å²) in [7, 11) is 0. The Balaban J connectivity index is 1.24. The van der Waals surface area contributed by atoms with Gasteiger partial charge in [-0.15, -0.1) is 0 Å². The molecule has 0 bridgehead atoms. The number of aromatic nitrogens is 3. The lowest BCUT2D eigenvalue weighted by atomic mass is 10.0. The Hall–Kier alpha value is -3.18. The predicted molar refractivity (Wildman–Crippen MR) is 146 cm³/mol. The van der Waals surface area contributed by atoms with Crippen LogP contribution in [0.25, 0.3) is 10.9 Å². The van der Waals surface area contributed by atoms with E-state index in [1.165, 1.54) is 33.3 Å². The second kappa shape index (κ2) is 9.70. The van der Waals surface area contributed by atoms with Gasteiger partial charge in [-0.05, 0) is 62.8 Å². The number of benzene rings is 2. The molecule has 5 heteroatoms. The Morgan fingerprint density at radius 2 is 1.78 bits per heavy atom. The second-order valence-electron chi connectivity index (χ2n) is 10.6. The molecule has 5 nitrogen and oxygen atoms in total. The molecule has 0 unspecified atom stereocenters. The average molecular weight is 481 g/mol. The summed E-state index contributed by atoms with van der Waals surface area (Å²) >= 11 is 0. The molecule has 0 spiro atoms. The van der Waals surface area contributed by atoms with E-state index in [0.717, 1.165) is 88.3 Å². The molecule has 2 aromatic heterocycles. The van der Waals surface area contributed by atoms with E-state index >= 15 is 0 Å². The average Bonchev–Trinajstić information content (AvgIpc) is 3.20. The van der Waals surface area contributed by atoms with E-state index in [0.29, 0.717) is 0 Å². The first-order chi connectivity index (χ1) is 17.6. The van der Waals surface area contributed by atoms with Crippen molar-refractivity contribution in [2.75, 3.05) is 13.1 Å². The van der Waals surface area contributed by atoms with E-state index in [1.807, 2.05) is 11.5 Å². The third-order valence-corrected chi connectivity index (χ3v) is 8.21. The number of rotatable bonds is 6. The number of nitrogens with zero attached hydrogens (tertiary/aromatic N) is 4. The van der Waals surface area contributed by atoms with Gasteiger partial charge in [0.05, 0.1) is 0 Å². The van der Waals surface area contributed by atoms with Gasteiger partial charge in [0.25, 0.3) is 5.56 Å². The molecule has 2 aliphatic rings. The largest absolute Gasteiger partial charge is 0.344 e. The van der Waals surface area contributed by atoms with Crippen LogP contribution in [0.4, 0.5) is 0 Å². The van der Waals surface area contributed by atoms with Crippen molar-refractivity contribution >= 4 is 10.9 Å². The molecule has 4 heterocycles. The van der Waals surface area contributed by atoms with Crippen molar-refractivity contribution in [2.24, 2.45) is 0 Å². The highest BCUT2D eigenvalue weighted by atomic mass is 16.1. The zero-order chi connectivity index (χ0) is 24.6. The van der Waals surface area contributed by atoms with Crippen LogP contribution in [-0.2, 0) is 45.3 Å². The van der Waals surface area contributed by atoms with Gasteiger partial charge in [0, 0.05) is 73.4 Å². The summed E-state index contributed by atoms with van der Waals surface area (Å²) in [6.07, 6.45) is 6.03. The van der Waals surface area contributed by atoms with Gasteiger partial charge in [0.15, 0.2) is 0 Å². The maximum atomic E-state index is 13.2. The van der Waals surface area contributed by atoms with Gasteiger partial charge in [-0.25, -0.2) is 4.98 Å². The highest BCUT2D eigenvalue weighted by Crippen LogP contribution is 2.32. The van der Waals surface area contributed by atoms with Gasteiger partial charge < -0.3 is 4.57 Å². The fourth-order valence-corrected chi connectivity index (χ4v) is 6.24. The first kappa shape index (κ1) is 23.2. The van der Waals surface area contributed by atoms with Crippen LogP contribution in [0.1, 0.15) is 52.3 Å². The third kappa shape index (κ3) is 4.30. The lowest BCUT2D eigenvalue weighted by Gasteiger charge is -2.28. The van der Waals surface area contributed by atoms with Crippen molar-refractivity contribution in [3.63, 3.8) is 0 Å². The van der Waals surface area contributed by atoms with Crippen molar-refractivity contribution < 1.29 is 0 Å². The SMILES string of the molecule is Cc1ccc2c(c1)c1c(n2CCc2ccccc2)CCN(CCc2c(C)nc3n(c2=O)CCCC3)C1. The Labute approximate surface area is 213 Å². The van der Waals surface area contributed by atoms with Gasteiger partial charge >= 0.3 is 0 Å². The Kier molecular flexibility index (Phi) is 6.26. The number of hydrogen-bond donors (Lipinski definition) is 0. The molecule has 36 heavy (non-hydrogen) atoms. The summed E-state index contributed by atoms with van der Waals surface area (Å²) in [4.78, 5) is 20.6. The summed E-state index contributed by atoms with van der Waals surface area (Å²) < 4.78 is 4.50. The summed E-state index contributed by atoms with van der Waals surface area (Å²) in [6, 6.07) is 17.7. The van der Waals surface area contributed by atoms with Crippen LogP contribution in [0.2, 0.25) is 0 Å². The second-order valence-corrected chi connectivity index (χ2v) is 10.6. The Morgan fingerprint density at radius 3 is 2.64 bits per heavy atom. The molecule has 0 radical (unpaired) electrons. The van der Waals surface area contributed by atoms with E-state index in [2.05, 4.69) is 64.9 Å². The van der Waals surface area contributed by atoms with Crippen molar-refractivity contribution in [1.82, 2.24) is 19.0 Å². The molecular weight excluding hydrogens is 444 g/mol. The molecule has 0 fully saturated rings. The van der Waals surface area contributed by atoms with Crippen LogP contribution >= 0.6 is 0 Å². The van der Waals surface area contributed by atoms with Crippen LogP contribution in [0, 0.1) is 13.8 Å². The highest BCUT2D eigenvalue weighted by Gasteiger charge is 2.25. The molecule has 6 rings (SSSR count).